The highest BCUT2D eigenvalue weighted by Crippen LogP contribution is 2.17. The maximum Gasteiger partial charge on any atom is 0.123 e. The lowest BCUT2D eigenvalue weighted by atomic mass is 9.99. The summed E-state index contributed by atoms with van der Waals surface area (Å²) in [5.74, 6) is -0.218. The number of aryl methyl sites for hydroxylation is 2. The summed E-state index contributed by atoms with van der Waals surface area (Å²) in [6.07, 6.45) is 1.81. The molecule has 0 amide bonds. The molecule has 0 heterocycles. The molecule has 94 valence electrons. The van der Waals surface area contributed by atoms with Crippen molar-refractivity contribution in [2.45, 2.75) is 25.8 Å². The van der Waals surface area contributed by atoms with Gasteiger partial charge in [-0.25, -0.2) is 4.39 Å². The summed E-state index contributed by atoms with van der Waals surface area (Å²) in [5.41, 5.74) is 9.66. The molecule has 2 aromatic rings. The summed E-state index contributed by atoms with van der Waals surface area (Å²) in [7, 11) is 0. The van der Waals surface area contributed by atoms with Crippen molar-refractivity contribution in [3.63, 3.8) is 0 Å². The third kappa shape index (κ3) is 3.41. The van der Waals surface area contributed by atoms with Crippen molar-refractivity contribution in [1.29, 1.82) is 0 Å². The number of rotatable bonds is 4. The Kier molecular flexibility index (Phi) is 4.11. The van der Waals surface area contributed by atoms with E-state index < -0.39 is 0 Å². The van der Waals surface area contributed by atoms with E-state index >= 15 is 0 Å². The molecule has 0 radical (unpaired) electrons. The Morgan fingerprint density at radius 1 is 1.11 bits per heavy atom. The van der Waals surface area contributed by atoms with Gasteiger partial charge in [0.05, 0.1) is 0 Å². The molecule has 0 fully saturated rings. The van der Waals surface area contributed by atoms with Crippen molar-refractivity contribution in [2.75, 3.05) is 0 Å². The molecule has 1 nitrogen and oxygen atoms in total. The van der Waals surface area contributed by atoms with Gasteiger partial charge in [0.15, 0.2) is 0 Å². The number of halogens is 1. The van der Waals surface area contributed by atoms with E-state index in [2.05, 4.69) is 31.2 Å². The maximum absolute atomic E-state index is 12.8. The highest BCUT2D eigenvalue weighted by Gasteiger charge is 2.06. The lowest BCUT2D eigenvalue weighted by Crippen LogP contribution is -2.11. The van der Waals surface area contributed by atoms with Gasteiger partial charge >= 0.3 is 0 Å². The second kappa shape index (κ2) is 5.78. The zero-order chi connectivity index (χ0) is 13.0. The molecule has 2 N–H and O–H groups in total. The maximum atomic E-state index is 12.8. The van der Waals surface area contributed by atoms with E-state index in [0.717, 1.165) is 18.4 Å². The van der Waals surface area contributed by atoms with Crippen molar-refractivity contribution in [2.24, 2.45) is 5.73 Å². The molecular weight excluding hydrogens is 225 g/mol. The molecule has 0 aliphatic carbocycles. The minimum absolute atomic E-state index is 0.0360. The first-order valence-electron chi connectivity index (χ1n) is 6.22. The van der Waals surface area contributed by atoms with Gasteiger partial charge in [-0.05, 0) is 43.0 Å². The van der Waals surface area contributed by atoms with Crippen LogP contribution in [0.4, 0.5) is 4.39 Å². The first-order valence-corrected chi connectivity index (χ1v) is 6.22. The highest BCUT2D eigenvalue weighted by molar-refractivity contribution is 5.23. The molecule has 2 rings (SSSR count). The number of hydrogen-bond donors (Lipinski definition) is 1. The van der Waals surface area contributed by atoms with Crippen LogP contribution in [0.2, 0.25) is 0 Å². The molecule has 2 aromatic carbocycles. The summed E-state index contributed by atoms with van der Waals surface area (Å²) >= 11 is 0. The fourth-order valence-corrected chi connectivity index (χ4v) is 2.07. The standard InChI is InChI=1S/C16H18FN/c1-12-3-2-4-13(11-12)5-10-16(18)14-6-8-15(17)9-7-14/h2-4,6-9,11,16H,5,10,18H2,1H3. The minimum atomic E-state index is -0.218. The lowest BCUT2D eigenvalue weighted by molar-refractivity contribution is 0.619. The Balaban J connectivity index is 1.96. The molecule has 1 unspecified atom stereocenters. The van der Waals surface area contributed by atoms with Gasteiger partial charge in [0.1, 0.15) is 5.82 Å². The Bertz CT molecular complexity index is 505. The third-order valence-corrected chi connectivity index (χ3v) is 3.12. The van der Waals surface area contributed by atoms with E-state index in [0.29, 0.717) is 0 Å². The van der Waals surface area contributed by atoms with Crippen molar-refractivity contribution < 1.29 is 4.39 Å². The van der Waals surface area contributed by atoms with Gasteiger partial charge in [0, 0.05) is 6.04 Å². The van der Waals surface area contributed by atoms with Gasteiger partial charge in [-0.2, -0.15) is 0 Å². The molecule has 0 aromatic heterocycles. The fraction of sp³-hybridized carbons (Fsp3) is 0.250. The van der Waals surface area contributed by atoms with E-state index in [-0.39, 0.29) is 11.9 Å². The van der Waals surface area contributed by atoms with Crippen LogP contribution in [-0.4, -0.2) is 0 Å². The van der Waals surface area contributed by atoms with Crippen LogP contribution in [0.3, 0.4) is 0 Å². The molecule has 0 spiro atoms. The average Bonchev–Trinajstić information content (AvgIpc) is 2.37. The molecule has 2 heteroatoms. The van der Waals surface area contributed by atoms with Crippen LogP contribution < -0.4 is 5.73 Å². The predicted octanol–water partition coefficient (Wildman–Crippen LogP) is 3.77. The van der Waals surface area contributed by atoms with E-state index in [1.165, 1.54) is 23.3 Å². The molecule has 18 heavy (non-hydrogen) atoms. The molecule has 0 aliphatic heterocycles. The summed E-state index contributed by atoms with van der Waals surface area (Å²) < 4.78 is 12.8. The van der Waals surface area contributed by atoms with E-state index in [1.807, 2.05) is 0 Å². The summed E-state index contributed by atoms with van der Waals surface area (Å²) in [5, 5.41) is 0. The Hall–Kier alpha value is -1.67. The monoisotopic (exact) mass is 243 g/mol. The van der Waals surface area contributed by atoms with Gasteiger partial charge < -0.3 is 5.73 Å². The summed E-state index contributed by atoms with van der Waals surface area (Å²) in [4.78, 5) is 0. The second-order valence-corrected chi connectivity index (χ2v) is 4.69. The average molecular weight is 243 g/mol. The van der Waals surface area contributed by atoms with Crippen LogP contribution in [0.5, 0.6) is 0 Å². The summed E-state index contributed by atoms with van der Waals surface area (Å²) in [6.45, 7) is 2.09. The van der Waals surface area contributed by atoms with E-state index in [1.54, 1.807) is 12.1 Å². The van der Waals surface area contributed by atoms with Crippen LogP contribution in [0, 0.1) is 12.7 Å². The number of hydrogen-bond acceptors (Lipinski definition) is 1. The van der Waals surface area contributed by atoms with Gasteiger partial charge in [-0.15, -0.1) is 0 Å². The third-order valence-electron chi connectivity index (χ3n) is 3.12. The largest absolute Gasteiger partial charge is 0.324 e. The SMILES string of the molecule is Cc1cccc(CCC(N)c2ccc(F)cc2)c1. The van der Waals surface area contributed by atoms with Crippen LogP contribution >= 0.6 is 0 Å². The van der Waals surface area contributed by atoms with Gasteiger partial charge in [-0.1, -0.05) is 42.0 Å². The van der Waals surface area contributed by atoms with Gasteiger partial charge in [0.25, 0.3) is 0 Å². The molecule has 0 aliphatic rings. The molecule has 0 bridgehead atoms. The van der Waals surface area contributed by atoms with Crippen molar-refractivity contribution in [1.82, 2.24) is 0 Å². The van der Waals surface area contributed by atoms with E-state index in [4.69, 9.17) is 5.73 Å². The first kappa shape index (κ1) is 12.8. The van der Waals surface area contributed by atoms with Crippen molar-refractivity contribution in [3.05, 3.63) is 71.0 Å². The Labute approximate surface area is 107 Å². The molecule has 0 saturated carbocycles. The zero-order valence-corrected chi connectivity index (χ0v) is 10.6. The lowest BCUT2D eigenvalue weighted by Gasteiger charge is -2.12. The predicted molar refractivity (Wildman–Crippen MR) is 72.8 cm³/mol. The van der Waals surface area contributed by atoms with Gasteiger partial charge in [0.2, 0.25) is 0 Å². The van der Waals surface area contributed by atoms with Crippen molar-refractivity contribution >= 4 is 0 Å². The molecule has 0 saturated heterocycles. The van der Waals surface area contributed by atoms with E-state index in [9.17, 15) is 4.39 Å². The van der Waals surface area contributed by atoms with Crippen LogP contribution in [0.25, 0.3) is 0 Å². The minimum Gasteiger partial charge on any atom is -0.324 e. The zero-order valence-electron chi connectivity index (χ0n) is 10.6. The first-order chi connectivity index (χ1) is 8.65. The molecular formula is C16H18FN. The van der Waals surface area contributed by atoms with Crippen LogP contribution in [-0.2, 0) is 6.42 Å². The fourth-order valence-electron chi connectivity index (χ4n) is 2.07. The van der Waals surface area contributed by atoms with Crippen molar-refractivity contribution in [3.8, 4) is 0 Å². The number of nitrogens with two attached hydrogens (primary N) is 1. The summed E-state index contributed by atoms with van der Waals surface area (Å²) in [6, 6.07) is 14.8. The highest BCUT2D eigenvalue weighted by atomic mass is 19.1. The second-order valence-electron chi connectivity index (χ2n) is 4.69. The quantitative estimate of drug-likeness (QED) is 0.869. The van der Waals surface area contributed by atoms with Crippen LogP contribution in [0.1, 0.15) is 29.2 Å². The normalized spacial score (nSPS) is 12.4. The Morgan fingerprint density at radius 2 is 1.83 bits per heavy atom. The number of benzene rings is 2. The topological polar surface area (TPSA) is 26.0 Å². The van der Waals surface area contributed by atoms with Gasteiger partial charge in [-0.3, -0.25) is 0 Å². The molecule has 1 atom stereocenters. The Morgan fingerprint density at radius 3 is 2.50 bits per heavy atom. The van der Waals surface area contributed by atoms with Crippen LogP contribution in [0.15, 0.2) is 48.5 Å². The smallest absolute Gasteiger partial charge is 0.123 e.